The minimum absolute atomic E-state index is 0.134. The van der Waals surface area contributed by atoms with Gasteiger partial charge in [-0.25, -0.2) is 30.8 Å². The monoisotopic (exact) mass is 614 g/mol. The summed E-state index contributed by atoms with van der Waals surface area (Å²) in [5, 5.41) is 3.66. The highest BCUT2D eigenvalue weighted by Crippen LogP contribution is 2.36. The SMILES string of the molecule is CC(C)S(=O)(=O)c1ccc(-c2cnc3c(n2)c(-c2cc(-c4ccccc4)no2)cn3S(=O)(=O)C2=CCC(C)(C)C=C2)cc1. The van der Waals surface area contributed by atoms with Crippen molar-refractivity contribution in [1.82, 2.24) is 19.1 Å². The third-order valence-corrected chi connectivity index (χ3v) is 11.4. The van der Waals surface area contributed by atoms with Gasteiger partial charge in [-0.05, 0) is 43.9 Å². The quantitative estimate of drug-likeness (QED) is 0.200. The summed E-state index contributed by atoms with van der Waals surface area (Å²) in [6.07, 6.45) is 8.76. The van der Waals surface area contributed by atoms with Gasteiger partial charge in [0.15, 0.2) is 21.2 Å². The van der Waals surface area contributed by atoms with E-state index in [0.29, 0.717) is 40.2 Å². The van der Waals surface area contributed by atoms with Crippen molar-refractivity contribution >= 4 is 31.0 Å². The van der Waals surface area contributed by atoms with Crippen LogP contribution in [0.4, 0.5) is 0 Å². The van der Waals surface area contributed by atoms with E-state index in [1.54, 1.807) is 56.3 Å². The van der Waals surface area contributed by atoms with Gasteiger partial charge in [0.1, 0.15) is 11.2 Å². The van der Waals surface area contributed by atoms with Crippen LogP contribution in [-0.4, -0.2) is 41.2 Å². The summed E-state index contributed by atoms with van der Waals surface area (Å²) in [5.41, 5.74) is 3.20. The maximum absolute atomic E-state index is 13.9. The van der Waals surface area contributed by atoms with Crippen molar-refractivity contribution in [3.05, 3.63) is 96.2 Å². The van der Waals surface area contributed by atoms with Crippen LogP contribution in [0.15, 0.2) is 106 Å². The van der Waals surface area contributed by atoms with E-state index < -0.39 is 25.1 Å². The largest absolute Gasteiger partial charge is 0.356 e. The highest BCUT2D eigenvalue weighted by molar-refractivity contribution is 7.94. The fourth-order valence-electron chi connectivity index (χ4n) is 4.81. The number of hydrogen-bond acceptors (Lipinski definition) is 8. The number of fused-ring (bicyclic) bond motifs is 1. The lowest BCUT2D eigenvalue weighted by atomic mass is 9.86. The Bertz CT molecular complexity index is 2120. The van der Waals surface area contributed by atoms with Crippen LogP contribution in [-0.2, 0) is 19.9 Å². The standard InChI is InChI=1S/C32H30N4O5S2/c1-21(2)42(37,38)24-12-10-23(11-13-24)28-19-33-31-30(34-28)26(29-18-27(35-41-29)22-8-6-5-7-9-22)20-36(31)43(39,40)25-14-16-32(3,4)17-15-25/h5-16,18-21H,17H2,1-4H3. The van der Waals surface area contributed by atoms with Crippen LogP contribution in [0.5, 0.6) is 0 Å². The van der Waals surface area contributed by atoms with Crippen LogP contribution in [0.25, 0.3) is 45.0 Å². The number of allylic oxidation sites excluding steroid dienone is 3. The molecule has 11 heteroatoms. The van der Waals surface area contributed by atoms with Gasteiger partial charge in [-0.1, -0.05) is 73.6 Å². The lowest BCUT2D eigenvalue weighted by Crippen LogP contribution is -2.18. The topological polar surface area (TPSA) is 125 Å². The molecule has 5 aromatic rings. The molecule has 1 aliphatic carbocycles. The summed E-state index contributed by atoms with van der Waals surface area (Å²) in [5.74, 6) is 0.330. The van der Waals surface area contributed by atoms with Crippen molar-refractivity contribution in [2.45, 2.75) is 44.3 Å². The Morgan fingerprint density at radius 1 is 0.930 bits per heavy atom. The predicted molar refractivity (Wildman–Crippen MR) is 166 cm³/mol. The molecule has 0 saturated carbocycles. The van der Waals surface area contributed by atoms with E-state index >= 15 is 0 Å². The first-order chi connectivity index (χ1) is 20.4. The molecule has 2 aromatic carbocycles. The zero-order chi connectivity index (χ0) is 30.6. The third-order valence-electron chi connectivity index (χ3n) is 7.49. The van der Waals surface area contributed by atoms with Crippen LogP contribution in [0.3, 0.4) is 0 Å². The molecular weight excluding hydrogens is 585 g/mol. The average molecular weight is 615 g/mol. The van der Waals surface area contributed by atoms with Crippen molar-refractivity contribution in [2.75, 3.05) is 0 Å². The van der Waals surface area contributed by atoms with Gasteiger partial charge in [-0.3, -0.25) is 0 Å². The molecule has 0 amide bonds. The molecule has 1 aliphatic rings. The number of sulfone groups is 1. The molecule has 0 fully saturated rings. The predicted octanol–water partition coefficient (Wildman–Crippen LogP) is 6.65. The molecule has 0 unspecified atom stereocenters. The smallest absolute Gasteiger partial charge is 0.269 e. The van der Waals surface area contributed by atoms with Crippen LogP contribution in [0.1, 0.15) is 34.1 Å². The van der Waals surface area contributed by atoms with E-state index in [0.717, 1.165) is 9.54 Å². The van der Waals surface area contributed by atoms with Gasteiger partial charge >= 0.3 is 0 Å². The first-order valence-corrected chi connectivity index (χ1v) is 16.8. The lowest BCUT2D eigenvalue weighted by molar-refractivity contribution is 0.435. The van der Waals surface area contributed by atoms with Crippen LogP contribution in [0, 0.1) is 5.41 Å². The maximum Gasteiger partial charge on any atom is 0.269 e. The molecular formula is C32H30N4O5S2. The molecule has 0 saturated heterocycles. The summed E-state index contributed by atoms with van der Waals surface area (Å²) in [6.45, 7) is 7.35. The van der Waals surface area contributed by atoms with Gasteiger partial charge in [0.25, 0.3) is 10.0 Å². The Labute approximate surface area is 250 Å². The number of benzene rings is 2. The fourth-order valence-corrected chi connectivity index (χ4v) is 7.24. The molecule has 0 radical (unpaired) electrons. The van der Waals surface area contributed by atoms with Crippen molar-refractivity contribution in [3.8, 4) is 33.8 Å². The minimum Gasteiger partial charge on any atom is -0.356 e. The molecule has 0 N–H and O–H groups in total. The Hall–Kier alpha value is -4.35. The van der Waals surface area contributed by atoms with Gasteiger partial charge in [-0.2, -0.15) is 0 Å². The average Bonchev–Trinajstić information content (AvgIpc) is 3.63. The van der Waals surface area contributed by atoms with Crippen molar-refractivity contribution in [1.29, 1.82) is 0 Å². The van der Waals surface area contributed by atoms with Gasteiger partial charge < -0.3 is 4.52 Å². The second-order valence-corrected chi connectivity index (χ2v) is 15.8. The molecule has 6 rings (SSSR count). The Morgan fingerprint density at radius 3 is 2.28 bits per heavy atom. The minimum atomic E-state index is -4.02. The Morgan fingerprint density at radius 2 is 1.63 bits per heavy atom. The Kier molecular flexibility index (Phi) is 6.97. The molecule has 3 heterocycles. The highest BCUT2D eigenvalue weighted by atomic mass is 32.2. The summed E-state index contributed by atoms with van der Waals surface area (Å²) >= 11 is 0. The van der Waals surface area contributed by atoms with E-state index in [1.165, 1.54) is 12.4 Å². The van der Waals surface area contributed by atoms with Gasteiger partial charge in [0, 0.05) is 23.4 Å². The van der Waals surface area contributed by atoms with Crippen LogP contribution in [0.2, 0.25) is 0 Å². The van der Waals surface area contributed by atoms with Crippen molar-refractivity contribution in [3.63, 3.8) is 0 Å². The maximum atomic E-state index is 13.9. The number of nitrogens with zero attached hydrogens (tertiary/aromatic N) is 4. The highest BCUT2D eigenvalue weighted by Gasteiger charge is 2.29. The molecule has 220 valence electrons. The van der Waals surface area contributed by atoms with E-state index in [2.05, 4.69) is 10.1 Å². The molecule has 43 heavy (non-hydrogen) atoms. The number of aromatic nitrogens is 4. The zero-order valence-corrected chi connectivity index (χ0v) is 25.7. The second kappa shape index (κ2) is 10.4. The van der Waals surface area contributed by atoms with E-state index in [1.807, 2.05) is 50.3 Å². The molecule has 0 bridgehead atoms. The van der Waals surface area contributed by atoms with Gasteiger partial charge in [0.05, 0.1) is 32.5 Å². The molecule has 0 atom stereocenters. The summed E-state index contributed by atoms with van der Waals surface area (Å²) in [4.78, 5) is 9.74. The first kappa shape index (κ1) is 28.8. The summed E-state index contributed by atoms with van der Waals surface area (Å²) in [7, 11) is -7.46. The van der Waals surface area contributed by atoms with Gasteiger partial charge in [0.2, 0.25) is 0 Å². The van der Waals surface area contributed by atoms with Crippen LogP contribution < -0.4 is 0 Å². The Balaban J connectivity index is 1.50. The van der Waals surface area contributed by atoms with Crippen molar-refractivity contribution < 1.29 is 21.4 Å². The van der Waals surface area contributed by atoms with E-state index in [9.17, 15) is 16.8 Å². The van der Waals surface area contributed by atoms with E-state index in [4.69, 9.17) is 9.51 Å². The third kappa shape index (κ3) is 5.23. The van der Waals surface area contributed by atoms with Gasteiger partial charge in [-0.15, -0.1) is 0 Å². The normalized spacial score (nSPS) is 15.2. The molecule has 9 nitrogen and oxygen atoms in total. The van der Waals surface area contributed by atoms with Crippen LogP contribution >= 0.6 is 0 Å². The summed E-state index contributed by atoms with van der Waals surface area (Å²) < 4.78 is 59.9. The first-order valence-electron chi connectivity index (χ1n) is 13.8. The number of hydrogen-bond donors (Lipinski definition) is 0. The molecule has 0 aliphatic heterocycles. The zero-order valence-electron chi connectivity index (χ0n) is 24.1. The lowest BCUT2D eigenvalue weighted by Gasteiger charge is -2.22. The molecule has 0 spiro atoms. The second-order valence-electron chi connectivity index (χ2n) is 11.5. The fraction of sp³-hybridized carbons (Fsp3) is 0.219. The molecule has 3 aromatic heterocycles. The number of rotatable bonds is 7. The van der Waals surface area contributed by atoms with E-state index in [-0.39, 0.29) is 20.9 Å². The van der Waals surface area contributed by atoms with Crippen molar-refractivity contribution in [2.24, 2.45) is 5.41 Å². The summed E-state index contributed by atoms with van der Waals surface area (Å²) in [6, 6.07) is 17.6.